The van der Waals surface area contributed by atoms with Crippen molar-refractivity contribution < 1.29 is 14.3 Å². The molecule has 0 bridgehead atoms. The summed E-state index contributed by atoms with van der Waals surface area (Å²) in [5, 5.41) is 10.5. The molecule has 0 amide bonds. The maximum Gasteiger partial charge on any atom is 0.361 e. The van der Waals surface area contributed by atoms with Gasteiger partial charge in [0.1, 0.15) is 11.4 Å². The van der Waals surface area contributed by atoms with Gasteiger partial charge in [0.2, 0.25) is 0 Å². The topological polar surface area (TPSA) is 94.9 Å². The Morgan fingerprint density at radius 3 is 2.96 bits per heavy atom. The number of imidazole rings is 1. The van der Waals surface area contributed by atoms with Gasteiger partial charge in [-0.2, -0.15) is 10.3 Å². The van der Waals surface area contributed by atoms with E-state index in [4.69, 9.17) is 9.47 Å². The molecule has 0 saturated heterocycles. The molecule has 8 heteroatoms. The summed E-state index contributed by atoms with van der Waals surface area (Å²) in [6.45, 7) is 3.37. The summed E-state index contributed by atoms with van der Waals surface area (Å²) in [5.41, 5.74) is 1.27. The molecule has 130 valence electrons. The smallest absolute Gasteiger partial charge is 0.361 e. The average Bonchev–Trinajstić information content (AvgIpc) is 3.31. The van der Waals surface area contributed by atoms with Crippen molar-refractivity contribution in [2.24, 2.45) is 0 Å². The third-order valence-electron chi connectivity index (χ3n) is 3.54. The fraction of sp³-hybridized carbons (Fsp3) is 0.294. The summed E-state index contributed by atoms with van der Waals surface area (Å²) in [7, 11) is 0. The molecule has 1 N–H and O–H groups in total. The van der Waals surface area contributed by atoms with Gasteiger partial charge in [-0.3, -0.25) is 0 Å². The minimum Gasteiger partial charge on any atom is -0.493 e. The quantitative estimate of drug-likeness (QED) is 0.499. The molecule has 1 aromatic carbocycles. The second kappa shape index (κ2) is 8.09. The third-order valence-corrected chi connectivity index (χ3v) is 3.54. The molecule has 0 aliphatic carbocycles. The number of para-hydroxylation sites is 1. The van der Waals surface area contributed by atoms with Crippen LogP contribution in [-0.2, 0) is 11.3 Å². The third kappa shape index (κ3) is 4.03. The summed E-state index contributed by atoms with van der Waals surface area (Å²) in [4.78, 5) is 16.0. The van der Waals surface area contributed by atoms with Gasteiger partial charge < -0.3 is 14.0 Å². The van der Waals surface area contributed by atoms with Crippen LogP contribution >= 0.6 is 0 Å². The zero-order valence-electron chi connectivity index (χ0n) is 13.9. The van der Waals surface area contributed by atoms with Gasteiger partial charge in [0.25, 0.3) is 0 Å². The maximum atomic E-state index is 12.0. The van der Waals surface area contributed by atoms with E-state index in [9.17, 15) is 4.79 Å². The Morgan fingerprint density at radius 2 is 2.16 bits per heavy atom. The molecule has 2 aromatic heterocycles. The molecule has 0 saturated carbocycles. The molecule has 0 spiro atoms. The number of benzene rings is 1. The van der Waals surface area contributed by atoms with Crippen LogP contribution in [0.15, 0.2) is 43.0 Å². The molecule has 0 unspecified atom stereocenters. The lowest BCUT2D eigenvalue weighted by molar-refractivity contribution is 0.0520. The fourth-order valence-electron chi connectivity index (χ4n) is 2.40. The number of carbonyl (C=O) groups excluding carboxylic acids is 1. The van der Waals surface area contributed by atoms with E-state index < -0.39 is 5.97 Å². The van der Waals surface area contributed by atoms with Crippen molar-refractivity contribution >= 4 is 5.97 Å². The van der Waals surface area contributed by atoms with E-state index in [1.54, 1.807) is 19.4 Å². The highest BCUT2D eigenvalue weighted by atomic mass is 16.5. The summed E-state index contributed by atoms with van der Waals surface area (Å²) < 4.78 is 12.9. The first-order valence-corrected chi connectivity index (χ1v) is 8.05. The first-order chi connectivity index (χ1) is 12.3. The molecule has 25 heavy (non-hydrogen) atoms. The van der Waals surface area contributed by atoms with E-state index in [0.29, 0.717) is 23.6 Å². The zero-order chi connectivity index (χ0) is 17.5. The van der Waals surface area contributed by atoms with Crippen LogP contribution in [0.1, 0.15) is 23.8 Å². The number of nitrogens with one attached hydrogen (secondary N) is 1. The van der Waals surface area contributed by atoms with Gasteiger partial charge in [-0.1, -0.05) is 12.1 Å². The standard InChI is InChI=1S/C17H19N5O3/c1-2-24-17(23)16-15(19-21-20-16)13-6-3-4-7-14(13)25-11-5-9-22-10-8-18-12-22/h3-4,6-8,10,12H,2,5,9,11H2,1H3,(H,19,20,21). The van der Waals surface area contributed by atoms with Gasteiger partial charge in [0.05, 0.1) is 19.5 Å². The first-order valence-electron chi connectivity index (χ1n) is 8.05. The van der Waals surface area contributed by atoms with Crippen molar-refractivity contribution in [1.82, 2.24) is 25.0 Å². The summed E-state index contributed by atoms with van der Waals surface area (Å²) in [6, 6.07) is 7.41. The van der Waals surface area contributed by atoms with E-state index >= 15 is 0 Å². The maximum absolute atomic E-state index is 12.0. The van der Waals surface area contributed by atoms with E-state index in [1.165, 1.54) is 0 Å². The monoisotopic (exact) mass is 341 g/mol. The van der Waals surface area contributed by atoms with Crippen molar-refractivity contribution in [3.63, 3.8) is 0 Å². The molecule has 3 aromatic rings. The van der Waals surface area contributed by atoms with Gasteiger partial charge in [-0.05, 0) is 25.5 Å². The summed E-state index contributed by atoms with van der Waals surface area (Å²) in [6.07, 6.45) is 6.26. The highest BCUT2D eigenvalue weighted by molar-refractivity contribution is 5.94. The van der Waals surface area contributed by atoms with Crippen LogP contribution in [-0.4, -0.2) is 44.1 Å². The largest absolute Gasteiger partial charge is 0.493 e. The van der Waals surface area contributed by atoms with Gasteiger partial charge in [0.15, 0.2) is 5.69 Å². The van der Waals surface area contributed by atoms with Crippen LogP contribution in [0.4, 0.5) is 0 Å². The number of carbonyl (C=O) groups is 1. The van der Waals surface area contributed by atoms with Crippen molar-refractivity contribution in [3.05, 3.63) is 48.7 Å². The van der Waals surface area contributed by atoms with E-state index in [-0.39, 0.29) is 12.3 Å². The molecule has 0 atom stereocenters. The normalized spacial score (nSPS) is 10.6. The number of nitrogens with zero attached hydrogens (tertiary/aromatic N) is 4. The Kier molecular flexibility index (Phi) is 5.40. The molecule has 2 heterocycles. The lowest BCUT2D eigenvalue weighted by atomic mass is 10.1. The molecule has 0 aliphatic rings. The second-order valence-corrected chi connectivity index (χ2v) is 5.24. The van der Waals surface area contributed by atoms with Crippen molar-refractivity contribution in [1.29, 1.82) is 0 Å². The minimum atomic E-state index is -0.513. The molecule has 8 nitrogen and oxygen atoms in total. The van der Waals surface area contributed by atoms with Crippen LogP contribution in [0.5, 0.6) is 5.75 Å². The number of aryl methyl sites for hydroxylation is 1. The highest BCUT2D eigenvalue weighted by Gasteiger charge is 2.21. The summed E-state index contributed by atoms with van der Waals surface area (Å²) in [5.74, 6) is 0.133. The number of aromatic amines is 1. The van der Waals surface area contributed by atoms with Crippen molar-refractivity contribution in [3.8, 4) is 17.0 Å². The predicted molar refractivity (Wildman–Crippen MR) is 90.1 cm³/mol. The van der Waals surface area contributed by atoms with Crippen LogP contribution in [0.3, 0.4) is 0 Å². The Labute approximate surface area is 144 Å². The lowest BCUT2D eigenvalue weighted by Crippen LogP contribution is -2.08. The lowest BCUT2D eigenvalue weighted by Gasteiger charge is -2.11. The molecular formula is C17H19N5O3. The number of rotatable bonds is 8. The first kappa shape index (κ1) is 16.7. The molecule has 3 rings (SSSR count). The number of ether oxygens (including phenoxy) is 2. The SMILES string of the molecule is CCOC(=O)c1n[nH]nc1-c1ccccc1OCCCn1ccnc1. The Bertz CT molecular complexity index is 813. The van der Waals surface area contributed by atoms with Crippen molar-refractivity contribution in [2.45, 2.75) is 19.9 Å². The van der Waals surface area contributed by atoms with E-state index in [0.717, 1.165) is 13.0 Å². The fourth-order valence-corrected chi connectivity index (χ4v) is 2.40. The summed E-state index contributed by atoms with van der Waals surface area (Å²) >= 11 is 0. The molecule has 0 radical (unpaired) electrons. The molecular weight excluding hydrogens is 322 g/mol. The van der Waals surface area contributed by atoms with Crippen LogP contribution in [0.2, 0.25) is 0 Å². The molecule has 0 aliphatic heterocycles. The number of esters is 1. The number of hydrogen-bond donors (Lipinski definition) is 1. The Morgan fingerprint density at radius 1 is 1.28 bits per heavy atom. The van der Waals surface area contributed by atoms with Gasteiger partial charge >= 0.3 is 5.97 Å². The predicted octanol–water partition coefficient (Wildman–Crippen LogP) is 2.31. The number of aromatic nitrogens is 5. The number of hydrogen-bond acceptors (Lipinski definition) is 6. The van der Waals surface area contributed by atoms with Crippen molar-refractivity contribution in [2.75, 3.05) is 13.2 Å². The Balaban J connectivity index is 1.71. The van der Waals surface area contributed by atoms with Crippen LogP contribution in [0, 0.1) is 0 Å². The van der Waals surface area contributed by atoms with Gasteiger partial charge in [0, 0.05) is 24.5 Å². The van der Waals surface area contributed by atoms with Gasteiger partial charge in [-0.25, -0.2) is 9.78 Å². The Hall–Kier alpha value is -3.16. The molecule has 0 fully saturated rings. The van der Waals surface area contributed by atoms with Crippen LogP contribution in [0.25, 0.3) is 11.3 Å². The second-order valence-electron chi connectivity index (χ2n) is 5.24. The minimum absolute atomic E-state index is 0.149. The van der Waals surface area contributed by atoms with E-state index in [2.05, 4.69) is 20.4 Å². The zero-order valence-corrected chi connectivity index (χ0v) is 13.9. The van der Waals surface area contributed by atoms with Crippen LogP contribution < -0.4 is 4.74 Å². The van der Waals surface area contributed by atoms with E-state index in [1.807, 2.05) is 35.0 Å². The highest BCUT2D eigenvalue weighted by Crippen LogP contribution is 2.30. The number of H-pyrrole nitrogens is 1. The van der Waals surface area contributed by atoms with Gasteiger partial charge in [-0.15, -0.1) is 5.10 Å². The average molecular weight is 341 g/mol.